The highest BCUT2D eigenvalue weighted by atomic mass is 32.1. The standard InChI is InChI=1S/C11H17NOS/c1-13-11(4-2-5-11)7-10(12)9-3-6-14-8-9/h3,6,8,10H,2,4-5,7,12H2,1H3. The number of ether oxygens (including phenoxy) is 1. The average molecular weight is 211 g/mol. The van der Waals surface area contributed by atoms with Crippen LogP contribution in [0.5, 0.6) is 0 Å². The summed E-state index contributed by atoms with van der Waals surface area (Å²) < 4.78 is 5.57. The van der Waals surface area contributed by atoms with E-state index in [9.17, 15) is 0 Å². The highest BCUT2D eigenvalue weighted by Crippen LogP contribution is 2.41. The summed E-state index contributed by atoms with van der Waals surface area (Å²) >= 11 is 1.71. The molecule has 1 aliphatic carbocycles. The molecular formula is C11H17NOS. The molecule has 1 unspecified atom stereocenters. The van der Waals surface area contributed by atoms with Gasteiger partial charge in [0.25, 0.3) is 0 Å². The van der Waals surface area contributed by atoms with Crippen molar-refractivity contribution in [3.05, 3.63) is 22.4 Å². The zero-order valence-electron chi connectivity index (χ0n) is 8.53. The summed E-state index contributed by atoms with van der Waals surface area (Å²) in [5.41, 5.74) is 7.47. The summed E-state index contributed by atoms with van der Waals surface area (Å²) in [6, 6.07) is 2.25. The summed E-state index contributed by atoms with van der Waals surface area (Å²) in [7, 11) is 1.81. The Morgan fingerprint density at radius 1 is 1.64 bits per heavy atom. The van der Waals surface area contributed by atoms with Crippen molar-refractivity contribution in [2.24, 2.45) is 5.73 Å². The molecule has 0 aromatic carbocycles. The van der Waals surface area contributed by atoms with E-state index in [4.69, 9.17) is 10.5 Å². The molecule has 0 saturated heterocycles. The Labute approximate surface area is 89.1 Å². The molecule has 0 amide bonds. The summed E-state index contributed by atoms with van der Waals surface area (Å²) in [6.45, 7) is 0. The first-order chi connectivity index (χ1) is 6.76. The van der Waals surface area contributed by atoms with Gasteiger partial charge in [0.05, 0.1) is 5.60 Å². The third-order valence-electron chi connectivity index (χ3n) is 3.26. The average Bonchev–Trinajstić information content (AvgIpc) is 2.63. The van der Waals surface area contributed by atoms with Gasteiger partial charge in [-0.05, 0) is 48.1 Å². The van der Waals surface area contributed by atoms with E-state index >= 15 is 0 Å². The Hall–Kier alpha value is -0.380. The quantitative estimate of drug-likeness (QED) is 0.831. The van der Waals surface area contributed by atoms with Gasteiger partial charge in [-0.15, -0.1) is 0 Å². The van der Waals surface area contributed by atoms with Crippen molar-refractivity contribution in [1.82, 2.24) is 0 Å². The molecule has 2 rings (SSSR count). The third-order valence-corrected chi connectivity index (χ3v) is 3.96. The molecule has 1 aliphatic rings. The van der Waals surface area contributed by atoms with Crippen molar-refractivity contribution < 1.29 is 4.74 Å². The molecule has 1 atom stereocenters. The van der Waals surface area contributed by atoms with Crippen LogP contribution in [0.1, 0.15) is 37.3 Å². The van der Waals surface area contributed by atoms with Crippen LogP contribution in [0.4, 0.5) is 0 Å². The minimum atomic E-state index is 0.0847. The lowest BCUT2D eigenvalue weighted by atomic mass is 9.75. The molecular weight excluding hydrogens is 194 g/mol. The van der Waals surface area contributed by atoms with Gasteiger partial charge in [-0.25, -0.2) is 0 Å². The molecule has 1 saturated carbocycles. The van der Waals surface area contributed by atoms with Gasteiger partial charge in [0.15, 0.2) is 0 Å². The van der Waals surface area contributed by atoms with Gasteiger partial charge < -0.3 is 10.5 Å². The van der Waals surface area contributed by atoms with Crippen molar-refractivity contribution in [3.8, 4) is 0 Å². The summed E-state index contributed by atoms with van der Waals surface area (Å²) in [4.78, 5) is 0. The van der Waals surface area contributed by atoms with Crippen molar-refractivity contribution in [3.63, 3.8) is 0 Å². The molecule has 1 aromatic rings. The molecule has 0 aliphatic heterocycles. The Morgan fingerprint density at radius 2 is 2.43 bits per heavy atom. The van der Waals surface area contributed by atoms with Crippen LogP contribution >= 0.6 is 11.3 Å². The minimum absolute atomic E-state index is 0.0847. The molecule has 2 N–H and O–H groups in total. The summed E-state index contributed by atoms with van der Waals surface area (Å²) in [6.07, 6.45) is 4.58. The first-order valence-electron chi connectivity index (χ1n) is 5.09. The fraction of sp³-hybridized carbons (Fsp3) is 0.636. The minimum Gasteiger partial charge on any atom is -0.378 e. The van der Waals surface area contributed by atoms with Gasteiger partial charge in [0, 0.05) is 13.2 Å². The molecule has 2 nitrogen and oxygen atoms in total. The molecule has 3 heteroatoms. The van der Waals surface area contributed by atoms with E-state index in [0.717, 1.165) is 6.42 Å². The molecule has 1 fully saturated rings. The molecule has 1 aromatic heterocycles. The van der Waals surface area contributed by atoms with Gasteiger partial charge in [0.1, 0.15) is 0 Å². The molecule has 14 heavy (non-hydrogen) atoms. The first-order valence-corrected chi connectivity index (χ1v) is 6.03. The zero-order chi connectivity index (χ0) is 10.0. The Bertz CT molecular complexity index is 274. The third kappa shape index (κ3) is 1.85. The van der Waals surface area contributed by atoms with E-state index in [0.29, 0.717) is 0 Å². The normalized spacial score (nSPS) is 21.6. The van der Waals surface area contributed by atoms with Gasteiger partial charge in [-0.2, -0.15) is 11.3 Å². The van der Waals surface area contributed by atoms with Crippen molar-refractivity contribution in [2.75, 3.05) is 7.11 Å². The lowest BCUT2D eigenvalue weighted by Gasteiger charge is -2.42. The highest BCUT2D eigenvalue weighted by molar-refractivity contribution is 7.07. The van der Waals surface area contributed by atoms with Gasteiger partial charge in [-0.1, -0.05) is 0 Å². The molecule has 1 heterocycles. The lowest BCUT2D eigenvalue weighted by molar-refractivity contribution is -0.0816. The molecule has 0 bridgehead atoms. The van der Waals surface area contributed by atoms with Gasteiger partial charge in [-0.3, -0.25) is 0 Å². The van der Waals surface area contributed by atoms with Crippen LogP contribution in [-0.2, 0) is 4.74 Å². The zero-order valence-corrected chi connectivity index (χ0v) is 9.35. The second-order valence-corrected chi connectivity index (χ2v) is 4.89. The van der Waals surface area contributed by atoms with Gasteiger partial charge >= 0.3 is 0 Å². The van der Waals surface area contributed by atoms with Crippen LogP contribution in [0.3, 0.4) is 0 Å². The van der Waals surface area contributed by atoms with Crippen molar-refractivity contribution >= 4 is 11.3 Å². The number of methoxy groups -OCH3 is 1. The van der Waals surface area contributed by atoms with Crippen LogP contribution in [0.25, 0.3) is 0 Å². The van der Waals surface area contributed by atoms with E-state index < -0.39 is 0 Å². The monoisotopic (exact) mass is 211 g/mol. The van der Waals surface area contributed by atoms with Crippen LogP contribution < -0.4 is 5.73 Å². The van der Waals surface area contributed by atoms with E-state index in [1.54, 1.807) is 18.4 Å². The predicted octanol–water partition coefficient (Wildman–Crippen LogP) is 2.71. The second-order valence-electron chi connectivity index (χ2n) is 4.11. The SMILES string of the molecule is COC1(CC(N)c2ccsc2)CCC1. The maximum atomic E-state index is 6.14. The van der Waals surface area contributed by atoms with E-state index in [2.05, 4.69) is 16.8 Å². The molecule has 0 radical (unpaired) electrons. The first kappa shape index (κ1) is 10.1. The smallest absolute Gasteiger partial charge is 0.0696 e. The Morgan fingerprint density at radius 3 is 2.86 bits per heavy atom. The Kier molecular flexibility index (Phi) is 2.91. The van der Waals surface area contributed by atoms with E-state index in [-0.39, 0.29) is 11.6 Å². The predicted molar refractivity (Wildman–Crippen MR) is 59.5 cm³/mol. The molecule has 78 valence electrons. The van der Waals surface area contributed by atoms with Crippen LogP contribution in [0.2, 0.25) is 0 Å². The fourth-order valence-corrected chi connectivity index (χ4v) is 2.79. The number of thiophene rings is 1. The van der Waals surface area contributed by atoms with Crippen molar-refractivity contribution in [2.45, 2.75) is 37.3 Å². The number of nitrogens with two attached hydrogens (primary N) is 1. The Balaban J connectivity index is 1.97. The topological polar surface area (TPSA) is 35.2 Å². The lowest BCUT2D eigenvalue weighted by Crippen LogP contribution is -2.41. The second kappa shape index (κ2) is 4.01. The summed E-state index contributed by atoms with van der Waals surface area (Å²) in [5.74, 6) is 0. The maximum absolute atomic E-state index is 6.14. The van der Waals surface area contributed by atoms with Crippen LogP contribution in [0.15, 0.2) is 16.8 Å². The molecule has 0 spiro atoms. The highest BCUT2D eigenvalue weighted by Gasteiger charge is 2.38. The fourth-order valence-electron chi connectivity index (χ4n) is 2.07. The number of rotatable bonds is 4. The number of hydrogen-bond acceptors (Lipinski definition) is 3. The summed E-state index contributed by atoms with van der Waals surface area (Å²) in [5, 5.41) is 4.21. The van der Waals surface area contributed by atoms with E-state index in [1.165, 1.54) is 24.8 Å². The maximum Gasteiger partial charge on any atom is 0.0696 e. The largest absolute Gasteiger partial charge is 0.378 e. The van der Waals surface area contributed by atoms with E-state index in [1.807, 2.05) is 0 Å². The van der Waals surface area contributed by atoms with Crippen molar-refractivity contribution in [1.29, 1.82) is 0 Å². The van der Waals surface area contributed by atoms with Gasteiger partial charge in [0.2, 0.25) is 0 Å². The van der Waals surface area contributed by atoms with Crippen LogP contribution in [-0.4, -0.2) is 12.7 Å². The van der Waals surface area contributed by atoms with Crippen LogP contribution in [0, 0.1) is 0 Å². The number of hydrogen-bond donors (Lipinski definition) is 1.